The van der Waals surface area contributed by atoms with Gasteiger partial charge in [0.05, 0.1) is 0 Å². The maximum absolute atomic E-state index is 13.0. The van der Waals surface area contributed by atoms with E-state index in [1.165, 1.54) is 35.4 Å². The molecule has 2 aliphatic heterocycles. The van der Waals surface area contributed by atoms with Gasteiger partial charge in [0.2, 0.25) is 5.91 Å². The number of carbonyl (C=O) groups is 2. The van der Waals surface area contributed by atoms with Crippen molar-refractivity contribution in [2.45, 2.75) is 25.8 Å². The van der Waals surface area contributed by atoms with Gasteiger partial charge in [0, 0.05) is 37.7 Å². The number of nitrogens with zero attached hydrogens (tertiary/aromatic N) is 2. The zero-order chi connectivity index (χ0) is 18.8. The van der Waals surface area contributed by atoms with E-state index in [1.54, 1.807) is 4.90 Å². The Morgan fingerprint density at radius 1 is 0.852 bits per heavy atom. The Hall–Kier alpha value is -2.69. The van der Waals surface area contributed by atoms with Gasteiger partial charge in [-0.25, -0.2) is 4.39 Å². The molecule has 0 spiro atoms. The monoisotopic (exact) mass is 366 g/mol. The van der Waals surface area contributed by atoms with Crippen LogP contribution in [0.4, 0.5) is 4.39 Å². The van der Waals surface area contributed by atoms with E-state index in [1.807, 2.05) is 17.0 Å². The average Bonchev–Trinajstić information content (AvgIpc) is 2.73. The van der Waals surface area contributed by atoms with Gasteiger partial charge in [-0.2, -0.15) is 0 Å². The largest absolute Gasteiger partial charge is 0.339 e. The average molecular weight is 366 g/mol. The third kappa shape index (κ3) is 3.72. The van der Waals surface area contributed by atoms with Gasteiger partial charge in [-0.05, 0) is 54.7 Å². The molecule has 0 atom stereocenters. The lowest BCUT2D eigenvalue weighted by Crippen LogP contribution is -2.45. The van der Waals surface area contributed by atoms with Crippen molar-refractivity contribution in [1.82, 2.24) is 9.80 Å². The maximum Gasteiger partial charge on any atom is 0.253 e. The van der Waals surface area contributed by atoms with Crippen LogP contribution in [0.15, 0.2) is 48.5 Å². The smallest absolute Gasteiger partial charge is 0.253 e. The SMILES string of the molecule is O=C(c1ccc(F)cc1)N1CCC(C(=O)N2CCc3ccccc3C2)CC1. The third-order valence-electron chi connectivity index (χ3n) is 5.66. The van der Waals surface area contributed by atoms with Crippen LogP contribution in [-0.4, -0.2) is 41.2 Å². The molecule has 0 N–H and O–H groups in total. The van der Waals surface area contributed by atoms with Gasteiger partial charge < -0.3 is 9.80 Å². The first-order chi connectivity index (χ1) is 13.1. The van der Waals surface area contributed by atoms with Gasteiger partial charge in [0.15, 0.2) is 0 Å². The first kappa shape index (κ1) is 17.7. The Balaban J connectivity index is 1.34. The highest BCUT2D eigenvalue weighted by atomic mass is 19.1. The number of benzene rings is 2. The fourth-order valence-corrected chi connectivity index (χ4v) is 4.05. The summed E-state index contributed by atoms with van der Waals surface area (Å²) < 4.78 is 13.0. The van der Waals surface area contributed by atoms with Crippen molar-refractivity contribution in [2.75, 3.05) is 19.6 Å². The predicted octanol–water partition coefficient (Wildman–Crippen LogP) is 3.26. The van der Waals surface area contributed by atoms with E-state index in [2.05, 4.69) is 12.1 Å². The van der Waals surface area contributed by atoms with Crippen LogP contribution < -0.4 is 0 Å². The molecule has 0 unspecified atom stereocenters. The second-order valence-electron chi connectivity index (χ2n) is 7.35. The summed E-state index contributed by atoms with van der Waals surface area (Å²) in [6, 6.07) is 13.9. The van der Waals surface area contributed by atoms with E-state index in [-0.39, 0.29) is 23.5 Å². The Morgan fingerprint density at radius 2 is 1.52 bits per heavy atom. The van der Waals surface area contributed by atoms with Crippen LogP contribution in [0.1, 0.15) is 34.3 Å². The minimum atomic E-state index is -0.348. The van der Waals surface area contributed by atoms with Crippen molar-refractivity contribution in [3.8, 4) is 0 Å². The molecule has 1 saturated heterocycles. The lowest BCUT2D eigenvalue weighted by atomic mass is 9.92. The summed E-state index contributed by atoms with van der Waals surface area (Å²) in [5.74, 6) is -0.252. The van der Waals surface area contributed by atoms with Gasteiger partial charge in [-0.1, -0.05) is 24.3 Å². The zero-order valence-electron chi connectivity index (χ0n) is 15.2. The van der Waals surface area contributed by atoms with Crippen LogP contribution in [0, 0.1) is 11.7 Å². The van der Waals surface area contributed by atoms with E-state index in [4.69, 9.17) is 0 Å². The molecule has 0 bridgehead atoms. The Labute approximate surface area is 158 Å². The number of piperidine rings is 1. The van der Waals surface area contributed by atoms with Gasteiger partial charge >= 0.3 is 0 Å². The number of fused-ring (bicyclic) bond motifs is 1. The molecular weight excluding hydrogens is 343 g/mol. The Bertz CT molecular complexity index is 842. The van der Waals surface area contributed by atoms with Crippen LogP contribution >= 0.6 is 0 Å². The number of carbonyl (C=O) groups excluding carboxylic acids is 2. The molecule has 140 valence electrons. The summed E-state index contributed by atoms with van der Waals surface area (Å²) in [5, 5.41) is 0. The predicted molar refractivity (Wildman–Crippen MR) is 101 cm³/mol. The molecule has 0 aromatic heterocycles. The standard InChI is InChI=1S/C22H23FN2O2/c23-20-7-5-17(6-8-20)21(26)24-12-10-18(11-13-24)22(27)25-14-9-16-3-1-2-4-19(16)15-25/h1-8,18H,9-15H2. The highest BCUT2D eigenvalue weighted by molar-refractivity contribution is 5.94. The lowest BCUT2D eigenvalue weighted by Gasteiger charge is -2.36. The van der Waals surface area contributed by atoms with Crippen molar-refractivity contribution in [2.24, 2.45) is 5.92 Å². The van der Waals surface area contributed by atoms with Crippen molar-refractivity contribution in [1.29, 1.82) is 0 Å². The summed E-state index contributed by atoms with van der Waals surface area (Å²) in [6.45, 7) is 2.59. The van der Waals surface area contributed by atoms with E-state index < -0.39 is 0 Å². The minimum absolute atomic E-state index is 0.0208. The molecule has 4 nitrogen and oxygen atoms in total. The summed E-state index contributed by atoms with van der Waals surface area (Å²) in [6.07, 6.45) is 2.28. The number of hydrogen-bond donors (Lipinski definition) is 0. The first-order valence-electron chi connectivity index (χ1n) is 9.52. The Kier molecular flexibility index (Phi) is 4.92. The highest BCUT2D eigenvalue weighted by Gasteiger charge is 2.31. The molecule has 2 aliphatic rings. The fourth-order valence-electron chi connectivity index (χ4n) is 4.05. The molecular formula is C22H23FN2O2. The molecule has 0 saturated carbocycles. The van der Waals surface area contributed by atoms with Gasteiger partial charge in [-0.3, -0.25) is 9.59 Å². The topological polar surface area (TPSA) is 40.6 Å². The molecule has 27 heavy (non-hydrogen) atoms. The van der Waals surface area contributed by atoms with E-state index in [9.17, 15) is 14.0 Å². The fraction of sp³-hybridized carbons (Fsp3) is 0.364. The summed E-state index contributed by atoms with van der Waals surface area (Å²) in [5.41, 5.74) is 3.07. The van der Waals surface area contributed by atoms with Crippen LogP contribution in [-0.2, 0) is 17.8 Å². The zero-order valence-corrected chi connectivity index (χ0v) is 15.2. The second-order valence-corrected chi connectivity index (χ2v) is 7.35. The molecule has 0 radical (unpaired) electrons. The van der Waals surface area contributed by atoms with Crippen LogP contribution in [0.3, 0.4) is 0 Å². The number of halogens is 1. The number of likely N-dealkylation sites (tertiary alicyclic amines) is 1. The second kappa shape index (κ2) is 7.51. The lowest BCUT2D eigenvalue weighted by molar-refractivity contribution is -0.137. The van der Waals surface area contributed by atoms with Crippen LogP contribution in [0.2, 0.25) is 0 Å². The molecule has 0 aliphatic carbocycles. The van der Waals surface area contributed by atoms with Crippen LogP contribution in [0.5, 0.6) is 0 Å². The summed E-state index contributed by atoms with van der Waals surface area (Å²) in [4.78, 5) is 29.2. The van der Waals surface area contributed by atoms with Crippen molar-refractivity contribution in [3.63, 3.8) is 0 Å². The van der Waals surface area contributed by atoms with E-state index in [0.29, 0.717) is 38.0 Å². The maximum atomic E-state index is 13.0. The van der Waals surface area contributed by atoms with Crippen molar-refractivity contribution in [3.05, 3.63) is 71.0 Å². The summed E-state index contributed by atoms with van der Waals surface area (Å²) in [7, 11) is 0. The third-order valence-corrected chi connectivity index (χ3v) is 5.66. The quantitative estimate of drug-likeness (QED) is 0.819. The van der Waals surface area contributed by atoms with Gasteiger partial charge in [0.25, 0.3) is 5.91 Å². The molecule has 2 amide bonds. The summed E-state index contributed by atoms with van der Waals surface area (Å²) >= 11 is 0. The molecule has 2 aromatic carbocycles. The number of rotatable bonds is 2. The normalized spacial score (nSPS) is 17.5. The number of hydrogen-bond acceptors (Lipinski definition) is 2. The Morgan fingerprint density at radius 3 is 2.22 bits per heavy atom. The molecule has 4 rings (SSSR count). The molecule has 2 aromatic rings. The van der Waals surface area contributed by atoms with E-state index in [0.717, 1.165) is 13.0 Å². The van der Waals surface area contributed by atoms with Crippen molar-refractivity contribution >= 4 is 11.8 Å². The number of amides is 2. The molecule has 5 heteroatoms. The molecule has 2 heterocycles. The van der Waals surface area contributed by atoms with Crippen LogP contribution in [0.25, 0.3) is 0 Å². The van der Waals surface area contributed by atoms with Gasteiger partial charge in [-0.15, -0.1) is 0 Å². The molecule has 1 fully saturated rings. The first-order valence-corrected chi connectivity index (χ1v) is 9.52. The highest BCUT2D eigenvalue weighted by Crippen LogP contribution is 2.25. The van der Waals surface area contributed by atoms with Gasteiger partial charge in [0.1, 0.15) is 5.82 Å². The minimum Gasteiger partial charge on any atom is -0.339 e. The van der Waals surface area contributed by atoms with Crippen molar-refractivity contribution < 1.29 is 14.0 Å². The van der Waals surface area contributed by atoms with E-state index >= 15 is 0 Å².